The third-order valence-electron chi connectivity index (χ3n) is 8.57. The monoisotopic (exact) mass is 577 g/mol. The number of pyridine rings is 2. The number of anilines is 3. The third-order valence-corrected chi connectivity index (χ3v) is 8.57. The van der Waals surface area contributed by atoms with E-state index in [9.17, 15) is 0 Å². The molecule has 0 N–H and O–H groups in total. The summed E-state index contributed by atoms with van der Waals surface area (Å²) in [6.07, 6.45) is 3.85. The van der Waals surface area contributed by atoms with E-state index in [4.69, 9.17) is 9.97 Å². The molecular weight excluding hydrogens is 550 g/mol. The van der Waals surface area contributed by atoms with Crippen LogP contribution in [-0.4, -0.2) is 19.1 Å². The van der Waals surface area contributed by atoms with Gasteiger partial charge in [-0.3, -0.25) is 9.97 Å². The highest BCUT2D eigenvalue weighted by atomic mass is 15.1. The standard InChI is InChI=1S/C40H27N5/c1-4-13-28(14-5-1)43(29-15-6-2-7-16-29)31-22-24-32(25-23-31)44-35-20-11-10-19-33(35)38-40(44)39-34(27-42-38)37-36(21-12-26-41-37)45(39)30-17-8-3-9-18-30/h1-27H. The lowest BCUT2D eigenvalue weighted by molar-refractivity contribution is 1.14. The largest absolute Gasteiger partial charge is 0.311 e. The average molecular weight is 578 g/mol. The second-order valence-electron chi connectivity index (χ2n) is 11.1. The number of para-hydroxylation sites is 4. The van der Waals surface area contributed by atoms with Crippen molar-refractivity contribution in [3.63, 3.8) is 0 Å². The van der Waals surface area contributed by atoms with E-state index in [0.29, 0.717) is 0 Å². The van der Waals surface area contributed by atoms with Crippen molar-refractivity contribution in [3.05, 3.63) is 164 Å². The van der Waals surface area contributed by atoms with Gasteiger partial charge in [0.05, 0.1) is 33.1 Å². The molecule has 0 atom stereocenters. The van der Waals surface area contributed by atoms with E-state index in [2.05, 4.69) is 160 Å². The van der Waals surface area contributed by atoms with Gasteiger partial charge in [0.25, 0.3) is 0 Å². The molecule has 0 aliphatic carbocycles. The summed E-state index contributed by atoms with van der Waals surface area (Å²) >= 11 is 0. The van der Waals surface area contributed by atoms with E-state index >= 15 is 0 Å². The van der Waals surface area contributed by atoms with Gasteiger partial charge in [0.15, 0.2) is 0 Å². The Kier molecular flexibility index (Phi) is 5.74. The lowest BCUT2D eigenvalue weighted by atomic mass is 10.2. The molecule has 0 fully saturated rings. The first-order valence-corrected chi connectivity index (χ1v) is 15.1. The fourth-order valence-corrected chi connectivity index (χ4v) is 6.66. The Hall–Kier alpha value is -6.20. The minimum absolute atomic E-state index is 0.944. The summed E-state index contributed by atoms with van der Waals surface area (Å²) in [7, 11) is 0. The number of hydrogen-bond acceptors (Lipinski definition) is 3. The number of aromatic nitrogens is 4. The smallest absolute Gasteiger partial charge is 0.0985 e. The van der Waals surface area contributed by atoms with Gasteiger partial charge in [0, 0.05) is 51.6 Å². The molecule has 212 valence electrons. The molecule has 0 saturated carbocycles. The zero-order valence-electron chi connectivity index (χ0n) is 24.3. The van der Waals surface area contributed by atoms with Crippen LogP contribution in [0.5, 0.6) is 0 Å². The van der Waals surface area contributed by atoms with Crippen LogP contribution in [0.15, 0.2) is 164 Å². The number of hydrogen-bond donors (Lipinski definition) is 0. The van der Waals surface area contributed by atoms with Gasteiger partial charge in [-0.2, -0.15) is 0 Å². The molecule has 0 aliphatic heterocycles. The predicted molar refractivity (Wildman–Crippen MR) is 185 cm³/mol. The lowest BCUT2D eigenvalue weighted by Gasteiger charge is -2.25. The number of rotatable bonds is 5. The minimum atomic E-state index is 0.944. The van der Waals surface area contributed by atoms with Gasteiger partial charge < -0.3 is 14.0 Å². The van der Waals surface area contributed by atoms with Crippen LogP contribution in [0.4, 0.5) is 17.1 Å². The Bertz CT molecular complexity index is 2420. The van der Waals surface area contributed by atoms with Crippen LogP contribution in [0, 0.1) is 0 Å². The van der Waals surface area contributed by atoms with Crippen molar-refractivity contribution < 1.29 is 0 Å². The number of benzene rings is 5. The average Bonchev–Trinajstić information content (AvgIpc) is 3.63. The zero-order valence-corrected chi connectivity index (χ0v) is 24.3. The van der Waals surface area contributed by atoms with E-state index in [1.165, 1.54) is 0 Å². The van der Waals surface area contributed by atoms with Gasteiger partial charge in [0.2, 0.25) is 0 Å². The van der Waals surface area contributed by atoms with E-state index in [-0.39, 0.29) is 0 Å². The molecule has 0 amide bonds. The second kappa shape index (κ2) is 10.2. The van der Waals surface area contributed by atoms with Gasteiger partial charge in [-0.25, -0.2) is 0 Å². The normalized spacial score (nSPS) is 11.6. The Labute approximate surface area is 259 Å². The first-order chi connectivity index (χ1) is 22.4. The van der Waals surface area contributed by atoms with Crippen molar-refractivity contribution in [3.8, 4) is 11.4 Å². The Morgan fingerprint density at radius 1 is 0.400 bits per heavy atom. The molecule has 0 unspecified atom stereocenters. The van der Waals surface area contributed by atoms with Gasteiger partial charge >= 0.3 is 0 Å². The summed E-state index contributed by atoms with van der Waals surface area (Å²) in [5.74, 6) is 0. The first-order valence-electron chi connectivity index (χ1n) is 15.1. The zero-order chi connectivity index (χ0) is 29.7. The molecule has 0 saturated heterocycles. The van der Waals surface area contributed by atoms with Crippen molar-refractivity contribution in [2.45, 2.75) is 0 Å². The maximum absolute atomic E-state index is 5.08. The molecule has 0 aliphatic rings. The van der Waals surface area contributed by atoms with Crippen molar-refractivity contribution >= 4 is 60.9 Å². The van der Waals surface area contributed by atoms with Crippen molar-refractivity contribution in [2.24, 2.45) is 0 Å². The molecule has 5 aromatic carbocycles. The van der Waals surface area contributed by atoms with Crippen molar-refractivity contribution in [1.29, 1.82) is 0 Å². The molecule has 0 radical (unpaired) electrons. The fraction of sp³-hybridized carbons (Fsp3) is 0. The molecule has 4 aromatic heterocycles. The van der Waals surface area contributed by atoms with Gasteiger partial charge in [0.1, 0.15) is 0 Å². The fourth-order valence-electron chi connectivity index (χ4n) is 6.66. The highest BCUT2D eigenvalue weighted by Crippen LogP contribution is 2.41. The molecule has 5 heteroatoms. The lowest BCUT2D eigenvalue weighted by Crippen LogP contribution is -2.09. The first kappa shape index (κ1) is 25.3. The molecule has 5 nitrogen and oxygen atoms in total. The molecule has 9 aromatic rings. The van der Waals surface area contributed by atoms with Crippen LogP contribution >= 0.6 is 0 Å². The van der Waals surface area contributed by atoms with Crippen molar-refractivity contribution in [1.82, 2.24) is 19.1 Å². The van der Waals surface area contributed by atoms with Gasteiger partial charge in [-0.05, 0) is 78.9 Å². The van der Waals surface area contributed by atoms with Crippen LogP contribution < -0.4 is 4.90 Å². The maximum atomic E-state index is 5.08. The summed E-state index contributed by atoms with van der Waals surface area (Å²) in [4.78, 5) is 12.2. The van der Waals surface area contributed by atoms with E-state index in [0.717, 1.165) is 72.3 Å². The van der Waals surface area contributed by atoms with Crippen molar-refractivity contribution in [2.75, 3.05) is 4.90 Å². The Morgan fingerprint density at radius 2 is 0.956 bits per heavy atom. The van der Waals surface area contributed by atoms with Gasteiger partial charge in [-0.15, -0.1) is 0 Å². The summed E-state index contributed by atoms with van der Waals surface area (Å²) in [5.41, 5.74) is 11.7. The third kappa shape index (κ3) is 3.95. The molecular formula is C40H27N5. The molecule has 0 bridgehead atoms. The van der Waals surface area contributed by atoms with E-state index in [1.807, 2.05) is 18.5 Å². The summed E-state index contributed by atoms with van der Waals surface area (Å²) in [6, 6.07) is 53.1. The summed E-state index contributed by atoms with van der Waals surface area (Å²) in [5, 5.41) is 2.15. The molecule has 4 heterocycles. The Balaban J connectivity index is 1.33. The summed E-state index contributed by atoms with van der Waals surface area (Å²) in [6.45, 7) is 0. The second-order valence-corrected chi connectivity index (χ2v) is 11.1. The molecule has 9 rings (SSSR count). The Morgan fingerprint density at radius 3 is 1.67 bits per heavy atom. The van der Waals surface area contributed by atoms with Crippen LogP contribution in [0.25, 0.3) is 55.2 Å². The van der Waals surface area contributed by atoms with Crippen LogP contribution in [0.2, 0.25) is 0 Å². The highest BCUT2D eigenvalue weighted by molar-refractivity contribution is 6.21. The predicted octanol–water partition coefficient (Wildman–Crippen LogP) is 10.1. The topological polar surface area (TPSA) is 38.9 Å². The summed E-state index contributed by atoms with van der Waals surface area (Å²) < 4.78 is 4.69. The number of fused-ring (bicyclic) bond motifs is 7. The number of nitrogens with zero attached hydrogens (tertiary/aromatic N) is 5. The van der Waals surface area contributed by atoms with Gasteiger partial charge in [-0.1, -0.05) is 72.8 Å². The maximum Gasteiger partial charge on any atom is 0.0985 e. The quantitative estimate of drug-likeness (QED) is 0.204. The molecule has 45 heavy (non-hydrogen) atoms. The highest BCUT2D eigenvalue weighted by Gasteiger charge is 2.22. The van der Waals surface area contributed by atoms with E-state index in [1.54, 1.807) is 0 Å². The van der Waals surface area contributed by atoms with Crippen LogP contribution in [0.1, 0.15) is 0 Å². The molecule has 0 spiro atoms. The van der Waals surface area contributed by atoms with Crippen LogP contribution in [0.3, 0.4) is 0 Å². The van der Waals surface area contributed by atoms with E-state index < -0.39 is 0 Å². The SMILES string of the molecule is c1ccc(N(c2ccccc2)c2ccc(-n3c4ccccc4c4ncc5c6ncccc6n(-c6ccccc6)c5c43)cc2)cc1. The van der Waals surface area contributed by atoms with Crippen LogP contribution in [-0.2, 0) is 0 Å². The minimum Gasteiger partial charge on any atom is -0.311 e.